The molecule has 21 heavy (non-hydrogen) atoms. The minimum Gasteiger partial charge on any atom is -0.393 e. The normalized spacial score (nSPS) is 22.4. The zero-order chi connectivity index (χ0) is 14.7. The number of halogens is 1. The van der Waals surface area contributed by atoms with Gasteiger partial charge in [0.05, 0.1) is 6.10 Å². The van der Waals surface area contributed by atoms with Gasteiger partial charge in [0.15, 0.2) is 5.82 Å². The van der Waals surface area contributed by atoms with E-state index in [-0.39, 0.29) is 12.0 Å². The molecule has 0 aliphatic heterocycles. The van der Waals surface area contributed by atoms with Crippen molar-refractivity contribution >= 4 is 11.6 Å². The molecule has 4 nitrogen and oxygen atoms in total. The second-order valence-electron chi connectivity index (χ2n) is 5.69. The van der Waals surface area contributed by atoms with Crippen molar-refractivity contribution in [2.24, 2.45) is 5.92 Å². The summed E-state index contributed by atoms with van der Waals surface area (Å²) in [5, 5.41) is 14.7. The fraction of sp³-hybridized carbons (Fsp3) is 0.500. The Kier molecular flexibility index (Phi) is 4.56. The molecule has 2 atom stereocenters. The topological polar surface area (TPSA) is 59.2 Å². The second kappa shape index (κ2) is 6.58. The number of hydrogen-bond donors (Lipinski definition) is 1. The molecule has 1 aliphatic rings. The van der Waals surface area contributed by atoms with E-state index in [0.29, 0.717) is 29.6 Å². The van der Waals surface area contributed by atoms with E-state index in [2.05, 4.69) is 10.1 Å². The molecule has 2 aromatic rings. The SMILES string of the molecule is OC1CCCCC1Cc1nc(Cc2ccccc2Cl)no1. The third-order valence-electron chi connectivity index (χ3n) is 4.12. The average Bonchev–Trinajstić information content (AvgIpc) is 2.91. The fourth-order valence-corrected chi connectivity index (χ4v) is 3.11. The van der Waals surface area contributed by atoms with Gasteiger partial charge in [0.1, 0.15) is 0 Å². The Balaban J connectivity index is 1.65. The van der Waals surface area contributed by atoms with E-state index >= 15 is 0 Å². The van der Waals surface area contributed by atoms with Crippen molar-refractivity contribution in [2.75, 3.05) is 0 Å². The number of hydrogen-bond acceptors (Lipinski definition) is 4. The highest BCUT2D eigenvalue weighted by atomic mass is 35.5. The lowest BCUT2D eigenvalue weighted by molar-refractivity contribution is 0.0657. The molecule has 1 N–H and O–H groups in total. The van der Waals surface area contributed by atoms with Crippen molar-refractivity contribution in [1.82, 2.24) is 10.1 Å². The molecule has 0 spiro atoms. The molecule has 1 aromatic heterocycles. The summed E-state index contributed by atoms with van der Waals surface area (Å²) in [4.78, 5) is 4.43. The van der Waals surface area contributed by atoms with Gasteiger partial charge in [-0.15, -0.1) is 0 Å². The molecule has 1 saturated carbocycles. The van der Waals surface area contributed by atoms with Gasteiger partial charge >= 0.3 is 0 Å². The van der Waals surface area contributed by atoms with Gasteiger partial charge in [-0.05, 0) is 30.4 Å². The zero-order valence-corrected chi connectivity index (χ0v) is 12.6. The molecule has 1 aromatic carbocycles. The Morgan fingerprint density at radius 3 is 2.86 bits per heavy atom. The molecule has 0 bridgehead atoms. The van der Waals surface area contributed by atoms with E-state index in [1.807, 2.05) is 24.3 Å². The monoisotopic (exact) mass is 306 g/mol. The van der Waals surface area contributed by atoms with Crippen LogP contribution in [0.3, 0.4) is 0 Å². The molecule has 1 fully saturated rings. The van der Waals surface area contributed by atoms with E-state index in [9.17, 15) is 5.11 Å². The van der Waals surface area contributed by atoms with Gasteiger partial charge < -0.3 is 9.63 Å². The third kappa shape index (κ3) is 3.63. The molecule has 3 rings (SSSR count). The van der Waals surface area contributed by atoms with Crippen molar-refractivity contribution in [3.63, 3.8) is 0 Å². The summed E-state index contributed by atoms with van der Waals surface area (Å²) in [6.07, 6.45) is 5.18. The fourth-order valence-electron chi connectivity index (χ4n) is 2.91. The molecule has 112 valence electrons. The summed E-state index contributed by atoms with van der Waals surface area (Å²) < 4.78 is 5.31. The number of aliphatic hydroxyl groups excluding tert-OH is 1. The summed E-state index contributed by atoms with van der Waals surface area (Å²) in [5.41, 5.74) is 0.990. The standard InChI is InChI=1S/C16H19ClN2O2/c17-13-7-3-1-5-11(13)9-15-18-16(21-19-15)10-12-6-2-4-8-14(12)20/h1,3,5,7,12,14,20H,2,4,6,8-10H2. The summed E-state index contributed by atoms with van der Waals surface area (Å²) in [7, 11) is 0. The molecule has 2 unspecified atom stereocenters. The van der Waals surface area contributed by atoms with E-state index in [0.717, 1.165) is 24.8 Å². The molecular formula is C16H19ClN2O2. The van der Waals surface area contributed by atoms with Crippen LogP contribution < -0.4 is 0 Å². The van der Waals surface area contributed by atoms with Crippen LogP contribution in [0.5, 0.6) is 0 Å². The Hall–Kier alpha value is -1.39. The number of aliphatic hydroxyl groups is 1. The van der Waals surface area contributed by atoms with Gasteiger partial charge in [-0.3, -0.25) is 0 Å². The average molecular weight is 307 g/mol. The van der Waals surface area contributed by atoms with Crippen LogP contribution in [-0.4, -0.2) is 21.4 Å². The summed E-state index contributed by atoms with van der Waals surface area (Å²) in [5.74, 6) is 1.50. The minimum atomic E-state index is -0.238. The van der Waals surface area contributed by atoms with E-state index in [1.165, 1.54) is 6.42 Å². The molecule has 0 amide bonds. The molecule has 5 heteroatoms. The van der Waals surface area contributed by atoms with Crippen LogP contribution in [0.4, 0.5) is 0 Å². The molecule has 0 saturated heterocycles. The van der Waals surface area contributed by atoms with Crippen molar-refractivity contribution in [3.05, 3.63) is 46.6 Å². The van der Waals surface area contributed by atoms with Crippen LogP contribution in [0.2, 0.25) is 5.02 Å². The van der Waals surface area contributed by atoms with Crippen LogP contribution in [0, 0.1) is 5.92 Å². The maximum atomic E-state index is 10.0. The summed E-state index contributed by atoms with van der Waals surface area (Å²) >= 11 is 6.14. The Labute approximate surface area is 129 Å². The van der Waals surface area contributed by atoms with Gasteiger partial charge in [-0.25, -0.2) is 0 Å². The van der Waals surface area contributed by atoms with E-state index < -0.39 is 0 Å². The predicted molar refractivity (Wildman–Crippen MR) is 80.2 cm³/mol. The molecule has 1 aliphatic carbocycles. The van der Waals surface area contributed by atoms with Crippen LogP contribution in [0.1, 0.15) is 43.0 Å². The van der Waals surface area contributed by atoms with Gasteiger partial charge in [0.25, 0.3) is 0 Å². The van der Waals surface area contributed by atoms with Crippen LogP contribution in [0.15, 0.2) is 28.8 Å². The van der Waals surface area contributed by atoms with E-state index in [4.69, 9.17) is 16.1 Å². The summed E-state index contributed by atoms with van der Waals surface area (Å²) in [6.45, 7) is 0. The van der Waals surface area contributed by atoms with Crippen LogP contribution in [-0.2, 0) is 12.8 Å². The number of aromatic nitrogens is 2. The van der Waals surface area contributed by atoms with Crippen LogP contribution >= 0.6 is 11.6 Å². The van der Waals surface area contributed by atoms with Crippen LogP contribution in [0.25, 0.3) is 0 Å². The Morgan fingerprint density at radius 2 is 2.05 bits per heavy atom. The van der Waals surface area contributed by atoms with Crippen molar-refractivity contribution in [1.29, 1.82) is 0 Å². The minimum absolute atomic E-state index is 0.238. The second-order valence-corrected chi connectivity index (χ2v) is 6.10. The first kappa shape index (κ1) is 14.5. The lowest BCUT2D eigenvalue weighted by atomic mass is 9.84. The first-order chi connectivity index (χ1) is 10.2. The van der Waals surface area contributed by atoms with E-state index in [1.54, 1.807) is 0 Å². The smallest absolute Gasteiger partial charge is 0.227 e. The van der Waals surface area contributed by atoms with Crippen molar-refractivity contribution < 1.29 is 9.63 Å². The maximum absolute atomic E-state index is 10.0. The molecule has 0 radical (unpaired) electrons. The van der Waals surface area contributed by atoms with Gasteiger partial charge in [0, 0.05) is 17.9 Å². The van der Waals surface area contributed by atoms with Gasteiger partial charge in [-0.1, -0.05) is 47.8 Å². The predicted octanol–water partition coefficient (Wildman–Crippen LogP) is 3.41. The zero-order valence-electron chi connectivity index (χ0n) is 11.8. The third-order valence-corrected chi connectivity index (χ3v) is 4.49. The lowest BCUT2D eigenvalue weighted by Gasteiger charge is -2.26. The quantitative estimate of drug-likeness (QED) is 0.940. The van der Waals surface area contributed by atoms with Crippen molar-refractivity contribution in [2.45, 2.75) is 44.6 Å². The Morgan fingerprint density at radius 1 is 1.24 bits per heavy atom. The highest BCUT2D eigenvalue weighted by Crippen LogP contribution is 2.27. The van der Waals surface area contributed by atoms with Crippen molar-refractivity contribution in [3.8, 4) is 0 Å². The highest BCUT2D eigenvalue weighted by molar-refractivity contribution is 6.31. The van der Waals surface area contributed by atoms with Gasteiger partial charge in [-0.2, -0.15) is 4.98 Å². The van der Waals surface area contributed by atoms with Gasteiger partial charge in [0.2, 0.25) is 5.89 Å². The number of rotatable bonds is 4. The summed E-state index contributed by atoms with van der Waals surface area (Å²) in [6, 6.07) is 7.66. The largest absolute Gasteiger partial charge is 0.393 e. The lowest BCUT2D eigenvalue weighted by Crippen LogP contribution is -2.26. The molecule has 1 heterocycles. The first-order valence-corrected chi connectivity index (χ1v) is 7.83. The molecular weight excluding hydrogens is 288 g/mol. The maximum Gasteiger partial charge on any atom is 0.227 e. The number of nitrogens with zero attached hydrogens (tertiary/aromatic N) is 2. The first-order valence-electron chi connectivity index (χ1n) is 7.45. The highest BCUT2D eigenvalue weighted by Gasteiger charge is 2.25. The Bertz CT molecular complexity index is 599. The number of benzene rings is 1.